The lowest BCUT2D eigenvalue weighted by molar-refractivity contribution is -0.123. The van der Waals surface area contributed by atoms with Crippen molar-refractivity contribution >= 4 is 5.91 Å². The highest BCUT2D eigenvalue weighted by molar-refractivity contribution is 5.74. The van der Waals surface area contributed by atoms with Gasteiger partial charge < -0.3 is 34.5 Å². The average molecular weight is 404 g/mol. The Balaban J connectivity index is 0. The predicted octanol–water partition coefficient (Wildman–Crippen LogP) is 1.64. The zero-order valence-corrected chi connectivity index (χ0v) is 17.4. The summed E-state index contributed by atoms with van der Waals surface area (Å²) < 4.78 is 25.4. The van der Waals surface area contributed by atoms with Crippen molar-refractivity contribution in [3.8, 4) is 5.75 Å². The summed E-state index contributed by atoms with van der Waals surface area (Å²) in [5, 5.41) is 8.42. The molecule has 0 atom stereocenters. The van der Waals surface area contributed by atoms with Crippen LogP contribution in [0, 0.1) is 0 Å². The van der Waals surface area contributed by atoms with Gasteiger partial charge in [0.15, 0.2) is 0 Å². The molecule has 0 aliphatic heterocycles. The minimum absolute atomic E-state index is 0.0468. The maximum atomic E-state index is 10.2. The van der Waals surface area contributed by atoms with Crippen molar-refractivity contribution in [1.82, 2.24) is 0 Å². The first-order valence-corrected chi connectivity index (χ1v) is 9.58. The molecule has 3 N–H and O–H groups in total. The van der Waals surface area contributed by atoms with Crippen LogP contribution in [-0.4, -0.2) is 77.1 Å². The molecule has 0 spiro atoms. The fourth-order valence-corrected chi connectivity index (χ4v) is 1.56. The quantitative estimate of drug-likeness (QED) is 0.428. The van der Waals surface area contributed by atoms with Crippen LogP contribution in [0.4, 0.5) is 0 Å². The molecular formula is C20H37NO7. The zero-order valence-electron chi connectivity index (χ0n) is 17.4. The van der Waals surface area contributed by atoms with Crippen LogP contribution < -0.4 is 10.5 Å². The third-order valence-electron chi connectivity index (χ3n) is 2.67. The lowest BCUT2D eigenvalue weighted by Gasteiger charge is -2.05. The van der Waals surface area contributed by atoms with Gasteiger partial charge in [0, 0.05) is 6.61 Å². The van der Waals surface area contributed by atoms with Gasteiger partial charge in [0.05, 0.1) is 46.2 Å². The third-order valence-corrected chi connectivity index (χ3v) is 2.67. The van der Waals surface area contributed by atoms with E-state index in [1.165, 1.54) is 0 Å². The average Bonchev–Trinajstić information content (AvgIpc) is 2.72. The number of benzene rings is 1. The molecular weight excluding hydrogens is 366 g/mol. The smallest absolute Gasteiger partial charge is 0.243 e. The number of amides is 1. The SMILES string of the molecule is CC.CCOCCOCCOCC(N)=O.OCCOCCOc1ccccc1. The van der Waals surface area contributed by atoms with Crippen LogP contribution in [0.2, 0.25) is 0 Å². The number of hydrogen-bond acceptors (Lipinski definition) is 7. The number of rotatable bonds is 15. The van der Waals surface area contributed by atoms with Gasteiger partial charge in [-0.15, -0.1) is 0 Å². The summed E-state index contributed by atoms with van der Waals surface area (Å²) in [5.74, 6) is 0.379. The Bertz CT molecular complexity index is 418. The summed E-state index contributed by atoms with van der Waals surface area (Å²) in [6, 6.07) is 9.57. The monoisotopic (exact) mass is 403 g/mol. The first kappa shape index (κ1) is 28.5. The van der Waals surface area contributed by atoms with Gasteiger partial charge in [0.2, 0.25) is 5.91 Å². The number of ether oxygens (including phenoxy) is 5. The van der Waals surface area contributed by atoms with Crippen LogP contribution in [0.1, 0.15) is 20.8 Å². The van der Waals surface area contributed by atoms with Gasteiger partial charge in [-0.3, -0.25) is 4.79 Å². The summed E-state index contributed by atoms with van der Waals surface area (Å²) in [4.78, 5) is 10.2. The molecule has 8 heteroatoms. The van der Waals surface area contributed by atoms with Gasteiger partial charge in [0.1, 0.15) is 19.0 Å². The summed E-state index contributed by atoms with van der Waals surface area (Å²) in [6.07, 6.45) is 0. The third kappa shape index (κ3) is 24.3. The Morgan fingerprint density at radius 1 is 0.857 bits per heavy atom. The van der Waals surface area contributed by atoms with Crippen molar-refractivity contribution in [3.63, 3.8) is 0 Å². The number of primary amides is 1. The van der Waals surface area contributed by atoms with Gasteiger partial charge in [-0.2, -0.15) is 0 Å². The maximum Gasteiger partial charge on any atom is 0.243 e. The molecule has 0 radical (unpaired) electrons. The van der Waals surface area contributed by atoms with E-state index in [2.05, 4.69) is 0 Å². The van der Waals surface area contributed by atoms with E-state index in [1.54, 1.807) is 0 Å². The minimum Gasteiger partial charge on any atom is -0.491 e. The van der Waals surface area contributed by atoms with Crippen LogP contribution in [0.25, 0.3) is 0 Å². The predicted molar refractivity (Wildman–Crippen MR) is 109 cm³/mol. The molecule has 8 nitrogen and oxygen atoms in total. The Hall–Kier alpha value is -1.71. The Morgan fingerprint density at radius 3 is 1.96 bits per heavy atom. The first-order chi connectivity index (χ1) is 13.7. The molecule has 28 heavy (non-hydrogen) atoms. The summed E-state index contributed by atoms with van der Waals surface area (Å²) in [6.45, 7) is 10.0. The number of carbonyl (C=O) groups excluding carboxylic acids is 1. The van der Waals surface area contributed by atoms with Crippen molar-refractivity contribution in [3.05, 3.63) is 30.3 Å². The van der Waals surface area contributed by atoms with Gasteiger partial charge in [-0.05, 0) is 19.1 Å². The minimum atomic E-state index is -0.464. The highest BCUT2D eigenvalue weighted by Gasteiger charge is 1.93. The van der Waals surface area contributed by atoms with Gasteiger partial charge >= 0.3 is 0 Å². The lowest BCUT2D eigenvalue weighted by Crippen LogP contribution is -2.20. The number of carbonyl (C=O) groups is 1. The highest BCUT2D eigenvalue weighted by Crippen LogP contribution is 2.07. The molecule has 1 aromatic carbocycles. The van der Waals surface area contributed by atoms with Crippen LogP contribution in [-0.2, 0) is 23.7 Å². The van der Waals surface area contributed by atoms with Crippen molar-refractivity contribution in [2.45, 2.75) is 20.8 Å². The molecule has 0 heterocycles. The summed E-state index contributed by atoms with van der Waals surface area (Å²) >= 11 is 0. The number of nitrogens with two attached hydrogens (primary N) is 1. The molecule has 0 bridgehead atoms. The van der Waals surface area contributed by atoms with Crippen molar-refractivity contribution in [1.29, 1.82) is 0 Å². The summed E-state index contributed by atoms with van der Waals surface area (Å²) in [5.41, 5.74) is 4.85. The topological polar surface area (TPSA) is 109 Å². The molecule has 1 aromatic rings. The number of aliphatic hydroxyl groups excluding tert-OH is 1. The van der Waals surface area contributed by atoms with Gasteiger partial charge in [-0.1, -0.05) is 32.0 Å². The molecule has 0 saturated carbocycles. The van der Waals surface area contributed by atoms with Crippen LogP contribution in [0.3, 0.4) is 0 Å². The number of aliphatic hydroxyl groups is 1. The summed E-state index contributed by atoms with van der Waals surface area (Å²) in [7, 11) is 0. The van der Waals surface area contributed by atoms with E-state index in [0.717, 1.165) is 5.75 Å². The molecule has 0 aromatic heterocycles. The van der Waals surface area contributed by atoms with Gasteiger partial charge in [0.25, 0.3) is 0 Å². The number of para-hydroxylation sites is 1. The Kier molecular flexibility index (Phi) is 25.7. The standard InChI is InChI=1S/C10H14O3.C8H17NO4.C2H6/c11-6-7-12-8-9-13-10-4-2-1-3-5-10;1-2-11-3-4-12-5-6-13-7-8(9)10;1-2/h1-5,11H,6-9H2;2-7H2,1H3,(H2,9,10);1-2H3. The lowest BCUT2D eigenvalue weighted by atomic mass is 10.3. The second-order valence-corrected chi connectivity index (χ2v) is 4.83. The van der Waals surface area contributed by atoms with Gasteiger partial charge in [-0.25, -0.2) is 0 Å². The van der Waals surface area contributed by atoms with E-state index < -0.39 is 5.91 Å². The molecule has 0 unspecified atom stereocenters. The van der Waals surface area contributed by atoms with Crippen LogP contribution in [0.15, 0.2) is 30.3 Å². The second kappa shape index (κ2) is 25.3. The van der Waals surface area contributed by atoms with Crippen LogP contribution >= 0.6 is 0 Å². The van der Waals surface area contributed by atoms with E-state index in [4.69, 9.17) is 34.5 Å². The van der Waals surface area contributed by atoms with Crippen LogP contribution in [0.5, 0.6) is 5.75 Å². The van der Waals surface area contributed by atoms with E-state index in [1.807, 2.05) is 51.1 Å². The molecule has 0 aliphatic rings. The maximum absolute atomic E-state index is 10.2. The Morgan fingerprint density at radius 2 is 1.39 bits per heavy atom. The molecule has 1 amide bonds. The fraction of sp³-hybridized carbons (Fsp3) is 0.650. The normalized spacial score (nSPS) is 9.57. The molecule has 0 saturated heterocycles. The van der Waals surface area contributed by atoms with E-state index in [0.29, 0.717) is 52.9 Å². The largest absolute Gasteiger partial charge is 0.491 e. The first-order valence-electron chi connectivity index (χ1n) is 9.58. The van der Waals surface area contributed by atoms with Crippen molar-refractivity contribution < 1.29 is 33.6 Å². The second-order valence-electron chi connectivity index (χ2n) is 4.83. The zero-order chi connectivity index (χ0) is 21.3. The Labute approximate surface area is 168 Å². The molecule has 0 aliphatic carbocycles. The molecule has 164 valence electrons. The van der Waals surface area contributed by atoms with E-state index in [9.17, 15) is 4.79 Å². The highest BCUT2D eigenvalue weighted by atomic mass is 16.5. The van der Waals surface area contributed by atoms with E-state index in [-0.39, 0.29) is 13.2 Å². The van der Waals surface area contributed by atoms with Crippen molar-refractivity contribution in [2.75, 3.05) is 66.1 Å². The number of hydrogen-bond donors (Lipinski definition) is 2. The van der Waals surface area contributed by atoms with Crippen molar-refractivity contribution in [2.24, 2.45) is 5.73 Å². The molecule has 1 rings (SSSR count). The van der Waals surface area contributed by atoms with E-state index >= 15 is 0 Å². The fourth-order valence-electron chi connectivity index (χ4n) is 1.56. The molecule has 0 fully saturated rings.